The van der Waals surface area contributed by atoms with Gasteiger partial charge in [-0.15, -0.1) is 0 Å². The Labute approximate surface area is 132 Å². The Morgan fingerprint density at radius 2 is 1.73 bits per heavy atom. The number of rotatable bonds is 5. The zero-order chi connectivity index (χ0) is 15.9. The molecule has 0 saturated carbocycles. The molecule has 1 aliphatic rings. The second kappa shape index (κ2) is 7.94. The number of likely N-dealkylation sites (N-methyl/N-ethyl adjacent to an activating group) is 1. The summed E-state index contributed by atoms with van der Waals surface area (Å²) in [6, 6.07) is 10.1. The molecule has 0 atom stereocenters. The lowest BCUT2D eigenvalue weighted by Gasteiger charge is -2.34. The van der Waals surface area contributed by atoms with Crippen LogP contribution in [-0.2, 0) is 16.1 Å². The maximum absolute atomic E-state index is 12.5. The quantitative estimate of drug-likeness (QED) is 0.821. The van der Waals surface area contributed by atoms with Gasteiger partial charge in [0, 0.05) is 46.2 Å². The van der Waals surface area contributed by atoms with Crippen molar-refractivity contribution in [3.05, 3.63) is 35.9 Å². The Kier molecular flexibility index (Phi) is 5.95. The first-order chi connectivity index (χ1) is 10.6. The van der Waals surface area contributed by atoms with E-state index in [0.717, 1.165) is 18.7 Å². The van der Waals surface area contributed by atoms with Crippen LogP contribution < -0.4 is 0 Å². The van der Waals surface area contributed by atoms with Gasteiger partial charge in [0.25, 0.3) is 0 Å². The van der Waals surface area contributed by atoms with Gasteiger partial charge in [-0.25, -0.2) is 0 Å². The molecule has 0 unspecified atom stereocenters. The molecule has 5 heteroatoms. The number of amides is 2. The molecule has 0 N–H and O–H groups in total. The average Bonchev–Trinajstić information content (AvgIpc) is 2.54. The first kappa shape index (κ1) is 16.5. The lowest BCUT2D eigenvalue weighted by Crippen LogP contribution is -2.51. The minimum Gasteiger partial charge on any atom is -0.340 e. The summed E-state index contributed by atoms with van der Waals surface area (Å²) in [5, 5.41) is 0. The predicted molar refractivity (Wildman–Crippen MR) is 86.2 cm³/mol. The fourth-order valence-corrected chi connectivity index (χ4v) is 2.69. The van der Waals surface area contributed by atoms with Crippen molar-refractivity contribution in [1.29, 1.82) is 0 Å². The highest BCUT2D eigenvalue weighted by atomic mass is 16.2. The number of carbonyl (C=O) groups is 2. The van der Waals surface area contributed by atoms with E-state index in [1.807, 2.05) is 47.1 Å². The van der Waals surface area contributed by atoms with Gasteiger partial charge in [-0.3, -0.25) is 14.5 Å². The summed E-state index contributed by atoms with van der Waals surface area (Å²) in [6.07, 6.45) is 0. The minimum absolute atomic E-state index is 0.116. The van der Waals surface area contributed by atoms with E-state index in [-0.39, 0.29) is 11.8 Å². The fourth-order valence-electron chi connectivity index (χ4n) is 2.69. The van der Waals surface area contributed by atoms with Crippen LogP contribution in [-0.4, -0.2) is 65.8 Å². The SMILES string of the molecule is CCN(Cc1ccccc1)C(=O)CN1CCN(C(C)=O)CC1. The van der Waals surface area contributed by atoms with E-state index in [1.54, 1.807) is 6.92 Å². The summed E-state index contributed by atoms with van der Waals surface area (Å²) >= 11 is 0. The molecule has 0 aliphatic carbocycles. The number of nitrogens with zero attached hydrogens (tertiary/aromatic N) is 3. The molecule has 1 fully saturated rings. The van der Waals surface area contributed by atoms with E-state index < -0.39 is 0 Å². The van der Waals surface area contributed by atoms with Crippen molar-refractivity contribution in [2.45, 2.75) is 20.4 Å². The highest BCUT2D eigenvalue weighted by Crippen LogP contribution is 2.07. The van der Waals surface area contributed by atoms with Gasteiger partial charge >= 0.3 is 0 Å². The second-order valence-corrected chi connectivity index (χ2v) is 5.68. The molecule has 1 saturated heterocycles. The van der Waals surface area contributed by atoms with Gasteiger partial charge in [0.2, 0.25) is 11.8 Å². The number of benzene rings is 1. The highest BCUT2D eigenvalue weighted by molar-refractivity contribution is 5.78. The van der Waals surface area contributed by atoms with Crippen LogP contribution in [0.3, 0.4) is 0 Å². The summed E-state index contributed by atoms with van der Waals surface area (Å²) in [6.45, 7) is 8.38. The van der Waals surface area contributed by atoms with Crippen molar-refractivity contribution in [1.82, 2.24) is 14.7 Å². The Morgan fingerprint density at radius 1 is 1.09 bits per heavy atom. The van der Waals surface area contributed by atoms with E-state index in [9.17, 15) is 9.59 Å². The van der Waals surface area contributed by atoms with Crippen LogP contribution in [0.25, 0.3) is 0 Å². The second-order valence-electron chi connectivity index (χ2n) is 5.68. The van der Waals surface area contributed by atoms with Crippen LogP contribution in [0.5, 0.6) is 0 Å². The van der Waals surface area contributed by atoms with Crippen molar-refractivity contribution < 1.29 is 9.59 Å². The maximum Gasteiger partial charge on any atom is 0.237 e. The molecule has 1 aromatic carbocycles. The van der Waals surface area contributed by atoms with Crippen molar-refractivity contribution in [3.8, 4) is 0 Å². The Bertz CT molecular complexity index is 496. The molecule has 1 aromatic rings. The standard InChI is InChI=1S/C17H25N3O2/c1-3-19(13-16-7-5-4-6-8-16)17(22)14-18-9-11-20(12-10-18)15(2)21/h4-8H,3,9-14H2,1-2H3. The molecule has 22 heavy (non-hydrogen) atoms. The molecule has 120 valence electrons. The topological polar surface area (TPSA) is 43.9 Å². The zero-order valence-electron chi connectivity index (χ0n) is 13.5. The first-order valence-corrected chi connectivity index (χ1v) is 7.89. The van der Waals surface area contributed by atoms with Crippen molar-refractivity contribution in [2.24, 2.45) is 0 Å². The van der Waals surface area contributed by atoms with Crippen molar-refractivity contribution >= 4 is 11.8 Å². The summed E-state index contributed by atoms with van der Waals surface area (Å²) < 4.78 is 0. The summed E-state index contributed by atoms with van der Waals surface area (Å²) in [5.41, 5.74) is 1.15. The lowest BCUT2D eigenvalue weighted by atomic mass is 10.2. The molecule has 0 spiro atoms. The molecule has 0 aromatic heterocycles. The van der Waals surface area contributed by atoms with Crippen LogP contribution >= 0.6 is 0 Å². The Morgan fingerprint density at radius 3 is 2.27 bits per heavy atom. The van der Waals surface area contributed by atoms with E-state index in [2.05, 4.69) is 4.90 Å². The first-order valence-electron chi connectivity index (χ1n) is 7.89. The summed E-state index contributed by atoms with van der Waals surface area (Å²) in [4.78, 5) is 29.6. The molecule has 0 bridgehead atoms. The minimum atomic E-state index is 0.116. The van der Waals surface area contributed by atoms with Gasteiger partial charge < -0.3 is 9.80 Å². The average molecular weight is 303 g/mol. The zero-order valence-corrected chi connectivity index (χ0v) is 13.5. The Hall–Kier alpha value is -1.88. The molecule has 5 nitrogen and oxygen atoms in total. The normalized spacial score (nSPS) is 15.6. The third-order valence-electron chi connectivity index (χ3n) is 4.13. The Balaban J connectivity index is 1.84. The van der Waals surface area contributed by atoms with Gasteiger partial charge in [-0.05, 0) is 12.5 Å². The molecule has 2 amide bonds. The molecule has 1 aliphatic heterocycles. The largest absolute Gasteiger partial charge is 0.340 e. The molecule has 2 rings (SSSR count). The number of carbonyl (C=O) groups excluding carboxylic acids is 2. The van der Waals surface area contributed by atoms with Gasteiger partial charge in [0.1, 0.15) is 0 Å². The van der Waals surface area contributed by atoms with Gasteiger partial charge in [0.15, 0.2) is 0 Å². The van der Waals surface area contributed by atoms with Gasteiger partial charge in [-0.2, -0.15) is 0 Å². The predicted octanol–water partition coefficient (Wildman–Crippen LogP) is 1.20. The van der Waals surface area contributed by atoms with E-state index in [4.69, 9.17) is 0 Å². The molecular formula is C17H25N3O2. The van der Waals surface area contributed by atoms with E-state index in [0.29, 0.717) is 32.7 Å². The van der Waals surface area contributed by atoms with Crippen LogP contribution in [0.2, 0.25) is 0 Å². The molecule has 1 heterocycles. The molecular weight excluding hydrogens is 278 g/mol. The van der Waals surface area contributed by atoms with Crippen LogP contribution in [0.1, 0.15) is 19.4 Å². The number of piperazine rings is 1. The smallest absolute Gasteiger partial charge is 0.237 e. The van der Waals surface area contributed by atoms with Crippen LogP contribution in [0.4, 0.5) is 0 Å². The van der Waals surface area contributed by atoms with E-state index >= 15 is 0 Å². The number of hydrogen-bond donors (Lipinski definition) is 0. The fraction of sp³-hybridized carbons (Fsp3) is 0.529. The van der Waals surface area contributed by atoms with Crippen LogP contribution in [0.15, 0.2) is 30.3 Å². The van der Waals surface area contributed by atoms with Crippen LogP contribution in [0, 0.1) is 0 Å². The third-order valence-corrected chi connectivity index (χ3v) is 4.13. The van der Waals surface area contributed by atoms with Crippen molar-refractivity contribution in [3.63, 3.8) is 0 Å². The van der Waals surface area contributed by atoms with Gasteiger partial charge in [0.05, 0.1) is 6.54 Å². The third kappa shape index (κ3) is 4.56. The van der Waals surface area contributed by atoms with Gasteiger partial charge in [-0.1, -0.05) is 30.3 Å². The summed E-state index contributed by atoms with van der Waals surface area (Å²) in [5.74, 6) is 0.271. The molecule has 0 radical (unpaired) electrons. The maximum atomic E-state index is 12.5. The highest BCUT2D eigenvalue weighted by Gasteiger charge is 2.22. The van der Waals surface area contributed by atoms with Crippen molar-refractivity contribution in [2.75, 3.05) is 39.3 Å². The number of hydrogen-bond acceptors (Lipinski definition) is 3. The monoisotopic (exact) mass is 303 g/mol. The summed E-state index contributed by atoms with van der Waals surface area (Å²) in [7, 11) is 0. The van der Waals surface area contributed by atoms with E-state index in [1.165, 1.54) is 0 Å². The lowest BCUT2D eigenvalue weighted by molar-refractivity contribution is -0.134.